The highest BCUT2D eigenvalue weighted by atomic mass is 16.4. The van der Waals surface area contributed by atoms with Crippen molar-refractivity contribution in [3.8, 4) is 0 Å². The lowest BCUT2D eigenvalue weighted by Crippen LogP contribution is -2.59. The van der Waals surface area contributed by atoms with E-state index in [0.717, 1.165) is 0 Å². The third-order valence-corrected chi connectivity index (χ3v) is 3.38. The summed E-state index contributed by atoms with van der Waals surface area (Å²) >= 11 is 0. The van der Waals surface area contributed by atoms with Gasteiger partial charge in [-0.1, -0.05) is 0 Å². The first kappa shape index (κ1) is 24.2. The van der Waals surface area contributed by atoms with Crippen molar-refractivity contribution in [2.24, 2.45) is 11.5 Å². The Bertz CT molecular complexity index is 568. The number of primary amides is 1. The molecule has 0 heterocycles. The maximum Gasteiger partial charge on any atom is 0.326 e. The van der Waals surface area contributed by atoms with Crippen LogP contribution < -0.4 is 27.4 Å². The lowest BCUT2D eigenvalue weighted by molar-refractivity contribution is -0.143. The third kappa shape index (κ3) is 8.94. The molecule has 0 radical (unpaired) electrons. The molecule has 27 heavy (non-hydrogen) atoms. The van der Waals surface area contributed by atoms with E-state index in [1.54, 1.807) is 0 Å². The molecule has 0 rings (SSSR count). The maximum absolute atomic E-state index is 12.1. The van der Waals surface area contributed by atoms with Gasteiger partial charge in [0.25, 0.3) is 0 Å². The first-order valence-corrected chi connectivity index (χ1v) is 7.93. The number of aliphatic hydroxyl groups excluding tert-OH is 2. The molecule has 4 atom stereocenters. The van der Waals surface area contributed by atoms with Gasteiger partial charge < -0.3 is 42.7 Å². The van der Waals surface area contributed by atoms with Gasteiger partial charge in [0.15, 0.2) is 0 Å². The van der Waals surface area contributed by atoms with Gasteiger partial charge in [0.05, 0.1) is 19.3 Å². The zero-order valence-electron chi connectivity index (χ0n) is 14.7. The second-order valence-corrected chi connectivity index (χ2v) is 5.64. The Labute approximate surface area is 154 Å². The van der Waals surface area contributed by atoms with E-state index in [1.165, 1.54) is 6.92 Å². The molecule has 13 heteroatoms. The normalized spacial score (nSPS) is 15.0. The molecular formula is C14H25N5O8. The van der Waals surface area contributed by atoms with Gasteiger partial charge in [-0.3, -0.25) is 19.2 Å². The average molecular weight is 391 g/mol. The van der Waals surface area contributed by atoms with Crippen LogP contribution in [-0.4, -0.2) is 82.3 Å². The van der Waals surface area contributed by atoms with Gasteiger partial charge >= 0.3 is 5.97 Å². The minimum atomic E-state index is -1.57. The summed E-state index contributed by atoms with van der Waals surface area (Å²) in [6.07, 6.45) is -1.93. The van der Waals surface area contributed by atoms with Crippen LogP contribution in [0.1, 0.15) is 19.8 Å². The number of hydrogen-bond donors (Lipinski definition) is 8. The number of nitrogens with two attached hydrogens (primary N) is 2. The number of hydrogen-bond acceptors (Lipinski definition) is 8. The summed E-state index contributed by atoms with van der Waals surface area (Å²) in [6, 6.07) is -4.49. The molecule has 0 aliphatic rings. The Morgan fingerprint density at radius 2 is 1.56 bits per heavy atom. The van der Waals surface area contributed by atoms with Crippen molar-refractivity contribution < 1.29 is 39.3 Å². The molecule has 0 bridgehead atoms. The van der Waals surface area contributed by atoms with Crippen LogP contribution in [0, 0.1) is 0 Å². The van der Waals surface area contributed by atoms with Crippen molar-refractivity contribution in [3.05, 3.63) is 0 Å². The fraction of sp³-hybridized carbons (Fsp3) is 0.643. The quantitative estimate of drug-likeness (QED) is 0.159. The number of aliphatic carboxylic acids is 1. The van der Waals surface area contributed by atoms with E-state index in [1.807, 2.05) is 0 Å². The van der Waals surface area contributed by atoms with Gasteiger partial charge in [-0.05, 0) is 13.3 Å². The molecule has 0 fully saturated rings. The van der Waals surface area contributed by atoms with Crippen LogP contribution in [0.3, 0.4) is 0 Å². The second-order valence-electron chi connectivity index (χ2n) is 5.64. The zero-order chi connectivity index (χ0) is 21.1. The van der Waals surface area contributed by atoms with E-state index < -0.39 is 67.0 Å². The Kier molecular flexibility index (Phi) is 10.6. The number of aliphatic hydroxyl groups is 2. The molecule has 0 aliphatic carbocycles. The molecule has 10 N–H and O–H groups in total. The Balaban J connectivity index is 5.03. The average Bonchev–Trinajstić information content (AvgIpc) is 2.59. The summed E-state index contributed by atoms with van der Waals surface area (Å²) < 4.78 is 0. The summed E-state index contributed by atoms with van der Waals surface area (Å²) in [5, 5.41) is 34.2. The largest absolute Gasteiger partial charge is 0.480 e. The predicted octanol–water partition coefficient (Wildman–Crippen LogP) is -4.88. The summed E-state index contributed by atoms with van der Waals surface area (Å²) in [6.45, 7) is -0.128. The topological polar surface area (TPSA) is 234 Å². The smallest absolute Gasteiger partial charge is 0.326 e. The molecule has 154 valence electrons. The standard InChI is InChI=1S/C14H25N5O8/c1-6(21)11(19-10(23)4-15)13(25)18-8(5-20)12(24)17-7(14(26)27)2-3-9(16)22/h6-8,11,20-21H,2-5,15H2,1H3,(H2,16,22)(H,17,24)(H,18,25)(H,19,23)(H,26,27). The fourth-order valence-corrected chi connectivity index (χ4v) is 1.91. The van der Waals surface area contributed by atoms with Gasteiger partial charge in [-0.25, -0.2) is 4.79 Å². The van der Waals surface area contributed by atoms with E-state index in [-0.39, 0.29) is 12.8 Å². The number of carbonyl (C=O) groups excluding carboxylic acids is 4. The molecule has 0 spiro atoms. The summed E-state index contributed by atoms with van der Waals surface area (Å²) in [4.78, 5) is 57.4. The fourth-order valence-electron chi connectivity index (χ4n) is 1.91. The highest BCUT2D eigenvalue weighted by Crippen LogP contribution is 2.00. The SMILES string of the molecule is CC(O)C(NC(=O)CN)C(=O)NC(CO)C(=O)NC(CCC(N)=O)C(=O)O. The van der Waals surface area contributed by atoms with Crippen molar-refractivity contribution in [1.82, 2.24) is 16.0 Å². The number of carboxylic acid groups (broad SMARTS) is 1. The molecule has 0 aromatic rings. The van der Waals surface area contributed by atoms with Gasteiger partial charge in [0.2, 0.25) is 23.6 Å². The highest BCUT2D eigenvalue weighted by molar-refractivity contribution is 5.94. The molecule has 4 amide bonds. The molecule has 0 aromatic heterocycles. The van der Waals surface area contributed by atoms with Crippen LogP contribution in [0.5, 0.6) is 0 Å². The first-order valence-electron chi connectivity index (χ1n) is 7.93. The molecule has 4 unspecified atom stereocenters. The lowest BCUT2D eigenvalue weighted by atomic mass is 10.1. The Morgan fingerprint density at radius 1 is 1.00 bits per heavy atom. The third-order valence-electron chi connectivity index (χ3n) is 3.38. The van der Waals surface area contributed by atoms with Crippen molar-refractivity contribution >= 4 is 29.6 Å². The van der Waals surface area contributed by atoms with Gasteiger partial charge in [-0.2, -0.15) is 0 Å². The van der Waals surface area contributed by atoms with Crippen LogP contribution in [0.4, 0.5) is 0 Å². The molecule has 0 aliphatic heterocycles. The number of nitrogens with one attached hydrogen (secondary N) is 3. The molecule has 0 aromatic carbocycles. The van der Waals surface area contributed by atoms with Crippen molar-refractivity contribution in [1.29, 1.82) is 0 Å². The van der Waals surface area contributed by atoms with E-state index in [2.05, 4.69) is 16.0 Å². The van der Waals surface area contributed by atoms with Crippen molar-refractivity contribution in [2.75, 3.05) is 13.2 Å². The lowest BCUT2D eigenvalue weighted by Gasteiger charge is -2.24. The second kappa shape index (κ2) is 11.8. The van der Waals surface area contributed by atoms with E-state index in [4.69, 9.17) is 16.6 Å². The Morgan fingerprint density at radius 3 is 1.96 bits per heavy atom. The molecule has 0 saturated carbocycles. The zero-order valence-corrected chi connectivity index (χ0v) is 14.7. The van der Waals surface area contributed by atoms with Crippen LogP contribution in [0.25, 0.3) is 0 Å². The van der Waals surface area contributed by atoms with Crippen molar-refractivity contribution in [3.63, 3.8) is 0 Å². The van der Waals surface area contributed by atoms with E-state index in [9.17, 15) is 34.2 Å². The molecular weight excluding hydrogens is 366 g/mol. The number of carboxylic acids is 1. The van der Waals surface area contributed by atoms with Crippen molar-refractivity contribution in [2.45, 2.75) is 44.0 Å². The summed E-state index contributed by atoms with van der Waals surface area (Å²) in [5.41, 5.74) is 10.0. The van der Waals surface area contributed by atoms with Crippen LogP contribution in [0.2, 0.25) is 0 Å². The molecule has 13 nitrogen and oxygen atoms in total. The van der Waals surface area contributed by atoms with Gasteiger partial charge in [0, 0.05) is 6.42 Å². The summed E-state index contributed by atoms with van der Waals surface area (Å²) in [7, 11) is 0. The van der Waals surface area contributed by atoms with E-state index >= 15 is 0 Å². The number of rotatable bonds is 12. The maximum atomic E-state index is 12.1. The van der Waals surface area contributed by atoms with Gasteiger partial charge in [-0.15, -0.1) is 0 Å². The van der Waals surface area contributed by atoms with Crippen LogP contribution >= 0.6 is 0 Å². The molecule has 0 saturated heterocycles. The minimum Gasteiger partial charge on any atom is -0.480 e. The van der Waals surface area contributed by atoms with E-state index in [0.29, 0.717) is 0 Å². The highest BCUT2D eigenvalue weighted by Gasteiger charge is 2.31. The minimum absolute atomic E-state index is 0.286. The first-order chi connectivity index (χ1) is 12.5. The predicted molar refractivity (Wildman–Crippen MR) is 89.7 cm³/mol. The number of amides is 4. The summed E-state index contributed by atoms with van der Waals surface area (Å²) in [5.74, 6) is -4.98. The van der Waals surface area contributed by atoms with Crippen LogP contribution in [-0.2, 0) is 24.0 Å². The Hall–Kier alpha value is -2.77. The monoisotopic (exact) mass is 391 g/mol. The van der Waals surface area contributed by atoms with Gasteiger partial charge in [0.1, 0.15) is 18.1 Å². The number of carbonyl (C=O) groups is 5. The van der Waals surface area contributed by atoms with Crippen LogP contribution in [0.15, 0.2) is 0 Å².